The van der Waals surface area contributed by atoms with Gasteiger partial charge in [-0.25, -0.2) is 0 Å². The molecule has 1 aromatic heterocycles. The number of nitriles is 1. The number of hydrogen-bond donors (Lipinski definition) is 0. The molecule has 4 nitrogen and oxygen atoms in total. The van der Waals surface area contributed by atoms with E-state index >= 15 is 0 Å². The molecule has 92 valence electrons. The number of rotatable bonds is 3. The fourth-order valence-corrected chi connectivity index (χ4v) is 1.97. The Hall–Kier alpha value is -2.28. The standard InChI is InChI=1S/C14H15N3O/c1-10-6-12(4-5-14(10)18-3)9-17-13(8-15)7-11(2)16-17/h4-7H,9H2,1-3H3. The Kier molecular flexibility index (Phi) is 3.33. The lowest BCUT2D eigenvalue weighted by Gasteiger charge is -2.08. The minimum atomic E-state index is 0.584. The van der Waals surface area contributed by atoms with Crippen LogP contribution in [0.15, 0.2) is 24.3 Å². The maximum Gasteiger partial charge on any atom is 0.139 e. The molecule has 0 aliphatic carbocycles. The summed E-state index contributed by atoms with van der Waals surface area (Å²) in [6.45, 7) is 4.49. The van der Waals surface area contributed by atoms with E-state index in [1.807, 2.05) is 26.0 Å². The van der Waals surface area contributed by atoms with E-state index in [4.69, 9.17) is 10.00 Å². The van der Waals surface area contributed by atoms with E-state index in [1.54, 1.807) is 17.9 Å². The van der Waals surface area contributed by atoms with Gasteiger partial charge in [-0.15, -0.1) is 0 Å². The predicted molar refractivity (Wildman–Crippen MR) is 68.5 cm³/mol. The van der Waals surface area contributed by atoms with E-state index in [2.05, 4.69) is 17.2 Å². The Bertz CT molecular complexity index is 608. The lowest BCUT2D eigenvalue weighted by molar-refractivity contribution is 0.411. The van der Waals surface area contributed by atoms with Crippen LogP contribution in [0.1, 0.15) is 22.5 Å². The normalized spacial score (nSPS) is 10.1. The highest BCUT2D eigenvalue weighted by molar-refractivity contribution is 5.36. The molecule has 0 spiro atoms. The lowest BCUT2D eigenvalue weighted by Crippen LogP contribution is -2.04. The van der Waals surface area contributed by atoms with Gasteiger partial charge >= 0.3 is 0 Å². The minimum absolute atomic E-state index is 0.584. The van der Waals surface area contributed by atoms with E-state index in [-0.39, 0.29) is 0 Å². The lowest BCUT2D eigenvalue weighted by atomic mass is 10.1. The van der Waals surface area contributed by atoms with Crippen molar-refractivity contribution in [1.29, 1.82) is 5.26 Å². The second-order valence-electron chi connectivity index (χ2n) is 4.24. The van der Waals surface area contributed by atoms with Gasteiger partial charge in [-0.2, -0.15) is 10.4 Å². The first kappa shape index (κ1) is 12.2. The van der Waals surface area contributed by atoms with Crippen LogP contribution in [0.4, 0.5) is 0 Å². The largest absolute Gasteiger partial charge is 0.496 e. The first-order valence-corrected chi connectivity index (χ1v) is 5.72. The molecule has 0 bridgehead atoms. The molecular weight excluding hydrogens is 226 g/mol. The summed E-state index contributed by atoms with van der Waals surface area (Å²) in [6, 6.07) is 9.92. The van der Waals surface area contributed by atoms with Gasteiger partial charge in [0.2, 0.25) is 0 Å². The zero-order valence-electron chi connectivity index (χ0n) is 10.8. The fraction of sp³-hybridized carbons (Fsp3) is 0.286. The summed E-state index contributed by atoms with van der Waals surface area (Å²) in [7, 11) is 1.66. The van der Waals surface area contributed by atoms with Crippen molar-refractivity contribution in [3.8, 4) is 11.8 Å². The Morgan fingerprint density at radius 2 is 2.11 bits per heavy atom. The van der Waals surface area contributed by atoms with E-state index in [9.17, 15) is 0 Å². The van der Waals surface area contributed by atoms with Gasteiger partial charge in [0.05, 0.1) is 19.3 Å². The van der Waals surface area contributed by atoms with Crippen molar-refractivity contribution in [1.82, 2.24) is 9.78 Å². The molecule has 0 amide bonds. The van der Waals surface area contributed by atoms with Crippen LogP contribution in [-0.4, -0.2) is 16.9 Å². The molecule has 2 aromatic rings. The smallest absolute Gasteiger partial charge is 0.139 e. The molecule has 1 heterocycles. The van der Waals surface area contributed by atoms with Crippen molar-refractivity contribution >= 4 is 0 Å². The second kappa shape index (κ2) is 4.92. The molecule has 0 atom stereocenters. The summed E-state index contributed by atoms with van der Waals surface area (Å²) in [4.78, 5) is 0. The molecule has 0 N–H and O–H groups in total. The number of nitrogens with zero attached hydrogens (tertiary/aromatic N) is 3. The van der Waals surface area contributed by atoms with Crippen LogP contribution in [0.3, 0.4) is 0 Å². The molecule has 4 heteroatoms. The highest BCUT2D eigenvalue weighted by atomic mass is 16.5. The summed E-state index contributed by atoms with van der Waals surface area (Å²) >= 11 is 0. The number of benzene rings is 1. The van der Waals surface area contributed by atoms with E-state index in [0.717, 1.165) is 22.6 Å². The quantitative estimate of drug-likeness (QED) is 0.829. The molecule has 18 heavy (non-hydrogen) atoms. The van der Waals surface area contributed by atoms with Crippen LogP contribution in [0.2, 0.25) is 0 Å². The number of aromatic nitrogens is 2. The molecule has 0 unspecified atom stereocenters. The molecule has 0 saturated carbocycles. The van der Waals surface area contributed by atoms with Crippen LogP contribution in [0.25, 0.3) is 0 Å². The number of aryl methyl sites for hydroxylation is 2. The van der Waals surface area contributed by atoms with Gasteiger partial charge < -0.3 is 4.74 Å². The topological polar surface area (TPSA) is 50.8 Å². The van der Waals surface area contributed by atoms with Crippen molar-refractivity contribution in [2.75, 3.05) is 7.11 Å². The highest BCUT2D eigenvalue weighted by Crippen LogP contribution is 2.19. The molecule has 2 rings (SSSR count). The Labute approximate surface area is 106 Å². The average Bonchev–Trinajstić information content (AvgIpc) is 2.70. The molecule has 0 radical (unpaired) electrons. The zero-order valence-corrected chi connectivity index (χ0v) is 10.8. The maximum absolute atomic E-state index is 9.02. The highest BCUT2D eigenvalue weighted by Gasteiger charge is 2.06. The van der Waals surface area contributed by atoms with Gasteiger partial charge in [0.15, 0.2) is 0 Å². The van der Waals surface area contributed by atoms with Gasteiger partial charge in [-0.3, -0.25) is 4.68 Å². The zero-order chi connectivity index (χ0) is 13.1. The van der Waals surface area contributed by atoms with Gasteiger partial charge in [0, 0.05) is 0 Å². The summed E-state index contributed by atoms with van der Waals surface area (Å²) < 4.78 is 6.94. The number of methoxy groups -OCH3 is 1. The third-order valence-electron chi connectivity index (χ3n) is 2.81. The molecule has 0 fully saturated rings. The van der Waals surface area contributed by atoms with Crippen LogP contribution < -0.4 is 4.74 Å². The SMILES string of the molecule is COc1ccc(Cn2nc(C)cc2C#N)cc1C. The van der Waals surface area contributed by atoms with Crippen LogP contribution in [0, 0.1) is 25.2 Å². The van der Waals surface area contributed by atoms with Gasteiger partial charge in [-0.05, 0) is 37.1 Å². The van der Waals surface area contributed by atoms with Crippen molar-refractivity contribution in [3.05, 3.63) is 46.8 Å². The van der Waals surface area contributed by atoms with Crippen LogP contribution in [-0.2, 0) is 6.54 Å². The summed E-state index contributed by atoms with van der Waals surface area (Å²) in [5, 5.41) is 13.3. The van der Waals surface area contributed by atoms with Gasteiger partial charge in [-0.1, -0.05) is 12.1 Å². The van der Waals surface area contributed by atoms with Crippen LogP contribution >= 0.6 is 0 Å². The Morgan fingerprint density at radius 1 is 1.33 bits per heavy atom. The molecule has 0 saturated heterocycles. The summed E-state index contributed by atoms with van der Waals surface area (Å²) in [5.41, 5.74) is 3.63. The average molecular weight is 241 g/mol. The second-order valence-corrected chi connectivity index (χ2v) is 4.24. The number of hydrogen-bond acceptors (Lipinski definition) is 3. The first-order valence-electron chi connectivity index (χ1n) is 5.72. The van der Waals surface area contributed by atoms with Gasteiger partial charge in [0.25, 0.3) is 0 Å². The monoisotopic (exact) mass is 241 g/mol. The predicted octanol–water partition coefficient (Wildman–Crippen LogP) is 2.43. The fourth-order valence-electron chi connectivity index (χ4n) is 1.97. The third-order valence-corrected chi connectivity index (χ3v) is 2.81. The maximum atomic E-state index is 9.02. The van der Waals surface area contributed by atoms with Crippen molar-refractivity contribution < 1.29 is 4.74 Å². The Morgan fingerprint density at radius 3 is 2.72 bits per heavy atom. The molecule has 1 aromatic carbocycles. The van der Waals surface area contributed by atoms with E-state index < -0.39 is 0 Å². The Balaban J connectivity index is 2.29. The van der Waals surface area contributed by atoms with E-state index in [0.29, 0.717) is 12.2 Å². The van der Waals surface area contributed by atoms with Crippen molar-refractivity contribution in [2.45, 2.75) is 20.4 Å². The van der Waals surface area contributed by atoms with E-state index in [1.165, 1.54) is 0 Å². The van der Waals surface area contributed by atoms with Crippen molar-refractivity contribution in [3.63, 3.8) is 0 Å². The van der Waals surface area contributed by atoms with Crippen LogP contribution in [0.5, 0.6) is 5.75 Å². The molecular formula is C14H15N3O. The van der Waals surface area contributed by atoms with Crippen molar-refractivity contribution in [2.24, 2.45) is 0 Å². The third kappa shape index (κ3) is 2.35. The molecule has 0 aliphatic heterocycles. The summed E-state index contributed by atoms with van der Waals surface area (Å²) in [5.74, 6) is 0.871. The van der Waals surface area contributed by atoms with Gasteiger partial charge in [0.1, 0.15) is 17.5 Å². The number of ether oxygens (including phenoxy) is 1. The minimum Gasteiger partial charge on any atom is -0.496 e. The summed E-state index contributed by atoms with van der Waals surface area (Å²) in [6.07, 6.45) is 0. The molecule has 0 aliphatic rings. The first-order chi connectivity index (χ1) is 8.63.